The molecule has 1 N–H and O–H groups in total. The SMILES string of the molecule is Cc1c(CN2CCC(Nc3ncnc4sc(CC(F)(F)F)cc34)CC2)ccc2c1cc(C#N)n2CCN1CCN(C(=O)CF)CC1. The van der Waals surface area contributed by atoms with E-state index < -0.39 is 25.2 Å². The Morgan fingerprint density at radius 3 is 2.50 bits per heavy atom. The molecule has 0 unspecified atom stereocenters. The van der Waals surface area contributed by atoms with Crippen LogP contribution in [-0.2, 0) is 24.3 Å². The summed E-state index contributed by atoms with van der Waals surface area (Å²) in [5.41, 5.74) is 4.00. The van der Waals surface area contributed by atoms with E-state index in [4.69, 9.17) is 0 Å². The van der Waals surface area contributed by atoms with Crippen molar-refractivity contribution in [2.45, 2.75) is 51.5 Å². The molecule has 0 spiro atoms. The number of piperidine rings is 1. The fourth-order valence-corrected chi connectivity index (χ4v) is 7.57. The number of hydrogen-bond acceptors (Lipinski definition) is 8. The average Bonchev–Trinajstić information content (AvgIpc) is 3.62. The molecular weight excluding hydrogens is 620 g/mol. The number of nitriles is 1. The summed E-state index contributed by atoms with van der Waals surface area (Å²) in [4.78, 5) is 27.2. The molecule has 2 aliphatic heterocycles. The third kappa shape index (κ3) is 7.11. The molecule has 1 amide bonds. The fraction of sp³-hybridized carbons (Fsp3) is 0.500. The molecule has 2 fully saturated rings. The molecule has 1 aromatic carbocycles. The van der Waals surface area contributed by atoms with Crippen LogP contribution < -0.4 is 5.32 Å². The number of thiophene rings is 1. The van der Waals surface area contributed by atoms with Crippen LogP contribution in [0.4, 0.5) is 23.4 Å². The number of likely N-dealkylation sites (tertiary alicyclic amines) is 1. The lowest BCUT2D eigenvalue weighted by Crippen LogP contribution is -2.49. The number of rotatable bonds is 9. The van der Waals surface area contributed by atoms with E-state index in [2.05, 4.69) is 54.8 Å². The summed E-state index contributed by atoms with van der Waals surface area (Å²) in [7, 11) is 0. The molecule has 9 nitrogen and oxygen atoms in total. The molecular formula is C32H36F4N8OS. The third-order valence-corrected chi connectivity index (χ3v) is 10.2. The fourth-order valence-electron chi connectivity index (χ4n) is 6.55. The van der Waals surface area contributed by atoms with Gasteiger partial charge in [-0.15, -0.1) is 11.3 Å². The molecule has 0 radical (unpaired) electrons. The van der Waals surface area contributed by atoms with Gasteiger partial charge in [0.1, 0.15) is 28.7 Å². The van der Waals surface area contributed by atoms with Crippen molar-refractivity contribution in [1.29, 1.82) is 5.26 Å². The van der Waals surface area contributed by atoms with Crippen molar-refractivity contribution in [2.24, 2.45) is 0 Å². The summed E-state index contributed by atoms with van der Waals surface area (Å²) in [5.74, 6) is 0.127. The number of halogens is 4. The highest BCUT2D eigenvalue weighted by molar-refractivity contribution is 7.18. The van der Waals surface area contributed by atoms with Crippen molar-refractivity contribution in [3.8, 4) is 6.07 Å². The molecule has 0 aliphatic carbocycles. The van der Waals surface area contributed by atoms with E-state index in [0.717, 1.165) is 66.8 Å². The van der Waals surface area contributed by atoms with Gasteiger partial charge in [-0.2, -0.15) is 18.4 Å². The molecule has 2 saturated heterocycles. The zero-order valence-corrected chi connectivity index (χ0v) is 26.4. The van der Waals surface area contributed by atoms with Crippen LogP contribution in [0.3, 0.4) is 0 Å². The molecule has 4 aromatic rings. The van der Waals surface area contributed by atoms with Gasteiger partial charge in [0.25, 0.3) is 5.91 Å². The molecule has 2 aliphatic rings. The maximum atomic E-state index is 12.9. The maximum absolute atomic E-state index is 12.9. The van der Waals surface area contributed by atoms with Gasteiger partial charge < -0.3 is 14.8 Å². The highest BCUT2D eigenvalue weighted by Gasteiger charge is 2.29. The number of aromatic nitrogens is 3. The largest absolute Gasteiger partial charge is 0.393 e. The van der Waals surface area contributed by atoms with Gasteiger partial charge in [0.2, 0.25) is 0 Å². The number of piperazine rings is 1. The number of anilines is 1. The second-order valence-corrected chi connectivity index (χ2v) is 13.2. The summed E-state index contributed by atoms with van der Waals surface area (Å²) >= 11 is 1.06. The van der Waals surface area contributed by atoms with Crippen LogP contribution >= 0.6 is 11.3 Å². The lowest BCUT2D eigenvalue weighted by atomic mass is 10.0. The van der Waals surface area contributed by atoms with Gasteiger partial charge in [0.05, 0.1) is 11.8 Å². The number of carbonyl (C=O) groups excluding carboxylic acids is 1. The third-order valence-electron chi connectivity index (χ3n) is 9.14. The first-order valence-electron chi connectivity index (χ1n) is 15.5. The van der Waals surface area contributed by atoms with E-state index in [0.29, 0.717) is 54.5 Å². The van der Waals surface area contributed by atoms with Crippen LogP contribution in [0.15, 0.2) is 30.6 Å². The quantitative estimate of drug-likeness (QED) is 0.250. The van der Waals surface area contributed by atoms with Crippen molar-refractivity contribution in [1.82, 2.24) is 29.2 Å². The number of hydrogen-bond donors (Lipinski definition) is 1. The van der Waals surface area contributed by atoms with Crippen molar-refractivity contribution >= 4 is 44.2 Å². The molecule has 0 bridgehead atoms. The van der Waals surface area contributed by atoms with Gasteiger partial charge >= 0.3 is 6.18 Å². The summed E-state index contributed by atoms with van der Waals surface area (Å²) in [6.45, 7) is 7.44. The summed E-state index contributed by atoms with van der Waals surface area (Å²) in [5, 5.41) is 15.1. The number of carbonyl (C=O) groups is 1. The minimum absolute atomic E-state index is 0.156. The summed E-state index contributed by atoms with van der Waals surface area (Å²) in [6.07, 6.45) is -2.09. The van der Waals surface area contributed by atoms with Crippen LogP contribution in [0.2, 0.25) is 0 Å². The molecule has 46 heavy (non-hydrogen) atoms. The molecule has 14 heteroatoms. The second-order valence-electron chi connectivity index (χ2n) is 12.1. The van der Waals surface area contributed by atoms with Crippen LogP contribution in [0, 0.1) is 18.3 Å². The first kappa shape index (κ1) is 32.2. The first-order valence-corrected chi connectivity index (χ1v) is 16.3. The number of aryl methyl sites for hydroxylation is 1. The average molecular weight is 657 g/mol. The number of nitrogens with one attached hydrogen (secondary N) is 1. The van der Waals surface area contributed by atoms with Crippen molar-refractivity contribution in [3.05, 3.63) is 52.3 Å². The minimum atomic E-state index is -4.26. The molecule has 244 valence electrons. The second kappa shape index (κ2) is 13.5. The zero-order chi connectivity index (χ0) is 32.4. The highest BCUT2D eigenvalue weighted by atomic mass is 32.1. The van der Waals surface area contributed by atoms with Gasteiger partial charge in [0, 0.05) is 80.7 Å². The first-order chi connectivity index (χ1) is 22.1. The monoisotopic (exact) mass is 656 g/mol. The predicted octanol–water partition coefficient (Wildman–Crippen LogP) is 5.12. The normalized spacial score (nSPS) is 17.2. The number of amides is 1. The lowest BCUT2D eigenvalue weighted by Gasteiger charge is -2.34. The van der Waals surface area contributed by atoms with E-state index >= 15 is 0 Å². The molecule has 3 aromatic heterocycles. The summed E-state index contributed by atoms with van der Waals surface area (Å²) < 4.78 is 53.6. The number of fused-ring (bicyclic) bond motifs is 2. The standard InChI is InChI=1S/C32H36F4N8OS/c1-21-22(2-3-28-26(21)14-24(18-37)44(28)13-10-41-8-11-43(12-9-41)29(45)17-33)19-42-6-4-23(5-7-42)40-30-27-15-25(16-32(34,35)36)46-31(27)39-20-38-30/h2-3,14-15,20,23H,4-13,16-17,19H2,1H3,(H,38,39,40). The summed E-state index contributed by atoms with van der Waals surface area (Å²) in [6, 6.07) is 10.3. The van der Waals surface area contributed by atoms with Crippen molar-refractivity contribution in [2.75, 3.05) is 57.8 Å². The van der Waals surface area contributed by atoms with Gasteiger partial charge in [-0.1, -0.05) is 6.07 Å². The minimum Gasteiger partial charge on any atom is -0.367 e. The van der Waals surface area contributed by atoms with Crippen LogP contribution in [0.1, 0.15) is 34.5 Å². The van der Waals surface area contributed by atoms with Crippen LogP contribution in [0.25, 0.3) is 21.1 Å². The lowest BCUT2D eigenvalue weighted by molar-refractivity contribution is -0.133. The Morgan fingerprint density at radius 1 is 1.04 bits per heavy atom. The van der Waals surface area contributed by atoms with Gasteiger partial charge in [-0.25, -0.2) is 14.4 Å². The Labute approximate surface area is 268 Å². The van der Waals surface area contributed by atoms with E-state index in [-0.39, 0.29) is 10.9 Å². The van der Waals surface area contributed by atoms with Gasteiger partial charge in [-0.05, 0) is 49.1 Å². The molecule has 5 heterocycles. The Hall–Kier alpha value is -3.80. The van der Waals surface area contributed by atoms with Gasteiger partial charge in [0.15, 0.2) is 6.67 Å². The maximum Gasteiger partial charge on any atom is 0.393 e. The van der Waals surface area contributed by atoms with Gasteiger partial charge in [-0.3, -0.25) is 14.6 Å². The molecule has 0 saturated carbocycles. The Kier molecular flexibility index (Phi) is 9.44. The Morgan fingerprint density at radius 2 is 1.80 bits per heavy atom. The smallest absolute Gasteiger partial charge is 0.367 e. The van der Waals surface area contributed by atoms with E-state index in [1.54, 1.807) is 11.0 Å². The predicted molar refractivity (Wildman–Crippen MR) is 169 cm³/mol. The van der Waals surface area contributed by atoms with E-state index in [1.165, 1.54) is 11.9 Å². The van der Waals surface area contributed by atoms with Crippen molar-refractivity contribution in [3.63, 3.8) is 0 Å². The zero-order valence-electron chi connectivity index (χ0n) is 25.6. The highest BCUT2D eigenvalue weighted by Crippen LogP contribution is 2.33. The van der Waals surface area contributed by atoms with E-state index in [1.807, 2.05) is 6.07 Å². The molecule has 0 atom stereocenters. The van der Waals surface area contributed by atoms with Crippen LogP contribution in [-0.4, -0.2) is 99.8 Å². The topological polar surface area (TPSA) is 93.3 Å². The number of alkyl halides is 4. The van der Waals surface area contributed by atoms with Crippen molar-refractivity contribution < 1.29 is 22.4 Å². The van der Waals surface area contributed by atoms with E-state index in [9.17, 15) is 27.6 Å². The number of benzene rings is 1. The Bertz CT molecular complexity index is 1750. The Balaban J connectivity index is 1.06. The molecule has 6 rings (SSSR count). The number of nitrogens with zero attached hydrogens (tertiary/aromatic N) is 7. The van der Waals surface area contributed by atoms with Crippen LogP contribution in [0.5, 0.6) is 0 Å².